The molecule has 0 aliphatic carbocycles. The number of hydrogen-bond donors (Lipinski definition) is 1. The van der Waals surface area contributed by atoms with Gasteiger partial charge in [-0.15, -0.1) is 11.8 Å². The monoisotopic (exact) mass is 228 g/mol. The number of hydrazone groups is 1. The van der Waals surface area contributed by atoms with Crippen molar-refractivity contribution in [2.45, 2.75) is 6.92 Å². The van der Waals surface area contributed by atoms with E-state index in [0.29, 0.717) is 0 Å². The summed E-state index contributed by atoms with van der Waals surface area (Å²) in [5, 5.41) is 6.23. The highest BCUT2D eigenvalue weighted by atomic mass is 32.2. The van der Waals surface area contributed by atoms with Gasteiger partial charge in [0.2, 0.25) is 0 Å². The highest BCUT2D eigenvalue weighted by molar-refractivity contribution is 8.16. The molecule has 0 radical (unpaired) electrons. The molecule has 0 fully saturated rings. The molecule has 0 atom stereocenters. The molecule has 0 saturated carbocycles. The quantitative estimate of drug-likeness (QED) is 0.571. The molecule has 0 aromatic heterocycles. The summed E-state index contributed by atoms with van der Waals surface area (Å²) in [6, 6.07) is 0. The van der Waals surface area contributed by atoms with Gasteiger partial charge in [0.1, 0.15) is 5.04 Å². The molecule has 0 saturated heterocycles. The zero-order valence-electron chi connectivity index (χ0n) is 7.99. The summed E-state index contributed by atoms with van der Waals surface area (Å²) in [5.41, 5.74) is 3.93. The van der Waals surface area contributed by atoms with Crippen LogP contribution in [0.25, 0.3) is 0 Å². The number of rotatable bonds is 2. The maximum absolute atomic E-state index is 4.34. The molecule has 0 bridgehead atoms. The van der Waals surface area contributed by atoms with Crippen LogP contribution in [0.4, 0.5) is 0 Å². The molecule has 14 heavy (non-hydrogen) atoms. The summed E-state index contributed by atoms with van der Waals surface area (Å²) in [6.07, 6.45) is 0. The maximum Gasteiger partial charge on any atom is 0.177 e. The molecule has 6 heteroatoms. The first-order chi connectivity index (χ1) is 6.86. The van der Waals surface area contributed by atoms with Crippen LogP contribution < -0.4 is 5.43 Å². The predicted molar refractivity (Wildman–Crippen MR) is 65.8 cm³/mol. The molecule has 0 amide bonds. The van der Waals surface area contributed by atoms with Crippen molar-refractivity contribution in [3.05, 3.63) is 0 Å². The van der Waals surface area contributed by atoms with Crippen molar-refractivity contribution in [3.63, 3.8) is 0 Å². The van der Waals surface area contributed by atoms with Crippen LogP contribution in [-0.2, 0) is 0 Å². The van der Waals surface area contributed by atoms with E-state index in [1.54, 1.807) is 23.5 Å². The predicted octanol–water partition coefficient (Wildman–Crippen LogP) is 1.20. The van der Waals surface area contributed by atoms with Crippen LogP contribution in [0.15, 0.2) is 15.1 Å². The number of nitrogens with zero attached hydrogens (tertiary/aromatic N) is 3. The zero-order chi connectivity index (χ0) is 9.80. The Kier molecular flexibility index (Phi) is 3.47. The van der Waals surface area contributed by atoms with Crippen LogP contribution in [-0.4, -0.2) is 40.5 Å². The summed E-state index contributed by atoms with van der Waals surface area (Å²) in [4.78, 5) is 8.59. The molecule has 2 rings (SSSR count). The molecule has 0 unspecified atom stereocenters. The van der Waals surface area contributed by atoms with Gasteiger partial charge in [-0.3, -0.25) is 15.4 Å². The summed E-state index contributed by atoms with van der Waals surface area (Å²) < 4.78 is 0. The van der Waals surface area contributed by atoms with Crippen LogP contribution in [0.5, 0.6) is 0 Å². The second-order valence-electron chi connectivity index (χ2n) is 2.88. The van der Waals surface area contributed by atoms with E-state index in [0.717, 1.165) is 40.5 Å². The first-order valence-electron chi connectivity index (χ1n) is 4.51. The van der Waals surface area contributed by atoms with Crippen molar-refractivity contribution in [1.82, 2.24) is 5.43 Å². The molecular formula is C8H12N4S2. The Labute approximate surface area is 91.7 Å². The van der Waals surface area contributed by atoms with Crippen molar-refractivity contribution in [1.29, 1.82) is 0 Å². The number of amidine groups is 1. The maximum atomic E-state index is 4.34. The smallest absolute Gasteiger partial charge is 0.177 e. The van der Waals surface area contributed by atoms with Gasteiger partial charge in [0.25, 0.3) is 0 Å². The van der Waals surface area contributed by atoms with E-state index in [1.807, 2.05) is 6.92 Å². The second-order valence-corrected chi connectivity index (χ2v) is 5.05. The molecule has 2 aliphatic rings. The Morgan fingerprint density at radius 1 is 1.29 bits per heavy atom. The van der Waals surface area contributed by atoms with Gasteiger partial charge in [0.15, 0.2) is 5.17 Å². The summed E-state index contributed by atoms with van der Waals surface area (Å²) in [5.74, 6) is 2.14. The number of aliphatic imine (C=N–C) groups is 2. The molecule has 4 nitrogen and oxygen atoms in total. The Hall–Kier alpha value is -0.490. The highest BCUT2D eigenvalue weighted by Gasteiger charge is 2.11. The standard InChI is InChI=1S/C8H12N4S2/c1-6(7-9-2-4-13-7)11-12-8-10-3-5-14-8/h2-5H2,1H3,(H,10,12)/b11-6+. The van der Waals surface area contributed by atoms with Gasteiger partial charge >= 0.3 is 0 Å². The van der Waals surface area contributed by atoms with E-state index in [-0.39, 0.29) is 0 Å². The third-order valence-electron chi connectivity index (χ3n) is 1.80. The minimum Gasteiger partial charge on any atom is -0.276 e. The molecule has 2 aliphatic heterocycles. The fourth-order valence-corrected chi connectivity index (χ4v) is 2.62. The fourth-order valence-electron chi connectivity index (χ4n) is 1.14. The van der Waals surface area contributed by atoms with Crippen molar-refractivity contribution >= 4 is 39.4 Å². The van der Waals surface area contributed by atoms with Crippen molar-refractivity contribution in [3.8, 4) is 0 Å². The number of hydrogen-bond acceptors (Lipinski definition) is 6. The van der Waals surface area contributed by atoms with Crippen LogP contribution >= 0.6 is 23.5 Å². The normalized spacial score (nSPS) is 22.2. The van der Waals surface area contributed by atoms with Crippen LogP contribution in [0, 0.1) is 0 Å². The lowest BCUT2D eigenvalue weighted by atomic mass is 10.5. The summed E-state index contributed by atoms with van der Waals surface area (Å²) >= 11 is 3.48. The molecule has 0 aromatic carbocycles. The van der Waals surface area contributed by atoms with Gasteiger partial charge in [-0.05, 0) is 6.92 Å². The van der Waals surface area contributed by atoms with Gasteiger partial charge in [-0.1, -0.05) is 11.8 Å². The first kappa shape index (κ1) is 10.0. The molecule has 1 N–H and O–H groups in total. The van der Waals surface area contributed by atoms with Crippen molar-refractivity contribution < 1.29 is 0 Å². The number of thioether (sulfide) groups is 2. The minimum atomic E-state index is 0.900. The van der Waals surface area contributed by atoms with Gasteiger partial charge in [0.05, 0.1) is 12.3 Å². The highest BCUT2D eigenvalue weighted by Crippen LogP contribution is 2.13. The minimum absolute atomic E-state index is 0.900. The van der Waals surface area contributed by atoms with Gasteiger partial charge in [-0.2, -0.15) is 5.10 Å². The van der Waals surface area contributed by atoms with Gasteiger partial charge in [-0.25, -0.2) is 0 Å². The molecule has 76 valence electrons. The van der Waals surface area contributed by atoms with E-state index in [2.05, 4.69) is 20.5 Å². The largest absolute Gasteiger partial charge is 0.276 e. The summed E-state index contributed by atoms with van der Waals surface area (Å²) in [6.45, 7) is 3.80. The van der Waals surface area contributed by atoms with Crippen molar-refractivity contribution in [2.75, 3.05) is 24.6 Å². The lowest BCUT2D eigenvalue weighted by molar-refractivity contribution is 1.03. The Bertz CT molecular complexity index is 308. The number of nitrogens with one attached hydrogen (secondary N) is 1. The topological polar surface area (TPSA) is 49.1 Å². The zero-order valence-corrected chi connectivity index (χ0v) is 9.62. The fraction of sp³-hybridized carbons (Fsp3) is 0.625. The lowest BCUT2D eigenvalue weighted by Crippen LogP contribution is -2.16. The molecular weight excluding hydrogens is 216 g/mol. The van der Waals surface area contributed by atoms with E-state index in [4.69, 9.17) is 0 Å². The SMILES string of the molecule is C/C(=N\NC1=NCCS1)C1=NCCS1. The lowest BCUT2D eigenvalue weighted by Gasteiger charge is -2.00. The van der Waals surface area contributed by atoms with Crippen LogP contribution in [0.1, 0.15) is 6.92 Å². The van der Waals surface area contributed by atoms with Crippen molar-refractivity contribution in [2.24, 2.45) is 15.1 Å². The molecule has 0 aromatic rings. The van der Waals surface area contributed by atoms with Crippen LogP contribution in [0.3, 0.4) is 0 Å². The van der Waals surface area contributed by atoms with E-state index < -0.39 is 0 Å². The second kappa shape index (κ2) is 4.84. The average molecular weight is 228 g/mol. The third kappa shape index (κ3) is 2.51. The Morgan fingerprint density at radius 3 is 2.71 bits per heavy atom. The van der Waals surface area contributed by atoms with Gasteiger partial charge in [0, 0.05) is 18.1 Å². The summed E-state index contributed by atoms with van der Waals surface area (Å²) in [7, 11) is 0. The van der Waals surface area contributed by atoms with E-state index in [9.17, 15) is 0 Å². The average Bonchev–Trinajstić information content (AvgIpc) is 2.87. The third-order valence-corrected chi connectivity index (χ3v) is 3.76. The first-order valence-corrected chi connectivity index (χ1v) is 6.48. The molecule has 0 spiro atoms. The van der Waals surface area contributed by atoms with E-state index >= 15 is 0 Å². The Morgan fingerprint density at radius 2 is 2.07 bits per heavy atom. The van der Waals surface area contributed by atoms with Gasteiger partial charge < -0.3 is 0 Å². The van der Waals surface area contributed by atoms with Crippen LogP contribution in [0.2, 0.25) is 0 Å². The molecule has 2 heterocycles. The van der Waals surface area contributed by atoms with E-state index in [1.165, 1.54) is 0 Å². The Balaban J connectivity index is 1.90.